The molecule has 3 nitrogen and oxygen atoms in total. The number of hydrogen-bond donors (Lipinski definition) is 0. The van der Waals surface area contributed by atoms with Gasteiger partial charge in [0.1, 0.15) is 0 Å². The second-order valence-corrected chi connectivity index (χ2v) is 2.27. The summed E-state index contributed by atoms with van der Waals surface area (Å²) in [4.78, 5) is 14.2. The maximum atomic E-state index is 10.2. The Balaban J connectivity index is 2.28. The summed E-state index contributed by atoms with van der Waals surface area (Å²) >= 11 is 0. The van der Waals surface area contributed by atoms with Crippen molar-refractivity contribution in [1.82, 2.24) is 9.80 Å². The Hall–Kier alpha value is -0.570. The summed E-state index contributed by atoms with van der Waals surface area (Å²) in [7, 11) is 0. The predicted octanol–water partition coefficient (Wildman–Crippen LogP) is -0.262. The molecule has 9 heavy (non-hydrogen) atoms. The van der Waals surface area contributed by atoms with E-state index in [0.29, 0.717) is 0 Å². The molecule has 52 valence electrons. The number of amides is 1. The molecule has 1 fully saturated rings. The van der Waals surface area contributed by atoms with Crippen LogP contribution in [0.4, 0.5) is 0 Å². The van der Waals surface area contributed by atoms with Crippen LogP contribution in [0.25, 0.3) is 0 Å². The normalized spacial score (nSPS) is 20.8. The molecule has 1 saturated heterocycles. The predicted molar refractivity (Wildman–Crippen MR) is 34.9 cm³/mol. The van der Waals surface area contributed by atoms with E-state index in [2.05, 4.69) is 11.8 Å². The summed E-state index contributed by atoms with van der Waals surface area (Å²) in [6, 6.07) is 0. The lowest BCUT2D eigenvalue weighted by atomic mass is 10.6. The maximum Gasteiger partial charge on any atom is 0.210 e. The van der Waals surface area contributed by atoms with Crippen molar-refractivity contribution >= 4 is 6.41 Å². The van der Waals surface area contributed by atoms with Crippen LogP contribution in [0.1, 0.15) is 6.92 Å². The van der Waals surface area contributed by atoms with Crippen molar-refractivity contribution in [2.45, 2.75) is 6.92 Å². The first-order chi connectivity index (χ1) is 4.36. The fourth-order valence-electron chi connectivity index (χ4n) is 1.01. The smallest absolute Gasteiger partial charge is 0.210 e. The van der Waals surface area contributed by atoms with E-state index in [1.165, 1.54) is 0 Å². The molecule has 0 saturated carbocycles. The van der Waals surface area contributed by atoms with E-state index >= 15 is 0 Å². The lowest BCUT2D eigenvalue weighted by Crippen LogP contribution is -2.23. The third-order valence-corrected chi connectivity index (χ3v) is 1.68. The SMILES string of the molecule is CCN1CCN(C=O)C1. The van der Waals surface area contributed by atoms with Gasteiger partial charge in [0.15, 0.2) is 0 Å². The maximum absolute atomic E-state index is 10.2. The Labute approximate surface area is 55.2 Å². The highest BCUT2D eigenvalue weighted by Gasteiger charge is 2.15. The van der Waals surface area contributed by atoms with E-state index in [4.69, 9.17) is 0 Å². The van der Waals surface area contributed by atoms with Gasteiger partial charge in [0.2, 0.25) is 6.41 Å². The largest absolute Gasteiger partial charge is 0.331 e. The summed E-state index contributed by atoms with van der Waals surface area (Å²) < 4.78 is 0. The van der Waals surface area contributed by atoms with Crippen molar-refractivity contribution < 1.29 is 4.79 Å². The van der Waals surface area contributed by atoms with E-state index < -0.39 is 0 Å². The van der Waals surface area contributed by atoms with Crippen LogP contribution in [0.5, 0.6) is 0 Å². The monoisotopic (exact) mass is 128 g/mol. The highest BCUT2D eigenvalue weighted by atomic mass is 16.1. The molecule has 0 aromatic carbocycles. The van der Waals surface area contributed by atoms with Gasteiger partial charge in [-0.15, -0.1) is 0 Å². The van der Waals surface area contributed by atoms with Gasteiger partial charge in [0, 0.05) is 13.1 Å². The Morgan fingerprint density at radius 2 is 2.33 bits per heavy atom. The highest BCUT2D eigenvalue weighted by molar-refractivity contribution is 5.47. The minimum atomic E-state index is 0.819. The van der Waals surface area contributed by atoms with Gasteiger partial charge in [-0.1, -0.05) is 6.92 Å². The minimum Gasteiger partial charge on any atom is -0.331 e. The molecule has 0 aromatic heterocycles. The Morgan fingerprint density at radius 1 is 1.56 bits per heavy atom. The number of hydrogen-bond acceptors (Lipinski definition) is 2. The summed E-state index contributed by atoms with van der Waals surface area (Å²) in [5.74, 6) is 0. The Bertz CT molecular complexity index is 105. The lowest BCUT2D eigenvalue weighted by molar-refractivity contribution is -0.117. The fraction of sp³-hybridized carbons (Fsp3) is 0.833. The average Bonchev–Trinajstić information content (AvgIpc) is 2.34. The quantitative estimate of drug-likeness (QED) is 0.478. The van der Waals surface area contributed by atoms with Gasteiger partial charge in [-0.3, -0.25) is 9.69 Å². The van der Waals surface area contributed by atoms with Crippen molar-refractivity contribution in [2.75, 3.05) is 26.3 Å². The van der Waals surface area contributed by atoms with E-state index in [-0.39, 0.29) is 0 Å². The van der Waals surface area contributed by atoms with Crippen LogP contribution in [0.3, 0.4) is 0 Å². The van der Waals surface area contributed by atoms with Gasteiger partial charge >= 0.3 is 0 Å². The fourth-order valence-corrected chi connectivity index (χ4v) is 1.01. The first kappa shape index (κ1) is 6.55. The molecule has 0 unspecified atom stereocenters. The standard InChI is InChI=1S/C6H12N2O/c1-2-7-3-4-8(5-7)6-9/h6H,2-5H2,1H3. The number of rotatable bonds is 2. The zero-order valence-electron chi connectivity index (χ0n) is 5.71. The van der Waals surface area contributed by atoms with E-state index in [9.17, 15) is 4.79 Å². The highest BCUT2D eigenvalue weighted by Crippen LogP contribution is 1.99. The van der Waals surface area contributed by atoms with Crippen molar-refractivity contribution in [1.29, 1.82) is 0 Å². The van der Waals surface area contributed by atoms with Crippen molar-refractivity contribution in [3.63, 3.8) is 0 Å². The molecule has 0 spiro atoms. The number of nitrogens with zero attached hydrogens (tertiary/aromatic N) is 2. The molecule has 3 heteroatoms. The van der Waals surface area contributed by atoms with Crippen molar-refractivity contribution in [3.8, 4) is 0 Å². The van der Waals surface area contributed by atoms with Crippen LogP contribution in [-0.2, 0) is 4.79 Å². The van der Waals surface area contributed by atoms with E-state index in [1.807, 2.05) is 0 Å². The summed E-state index contributed by atoms with van der Waals surface area (Å²) in [6.07, 6.45) is 0.912. The topological polar surface area (TPSA) is 23.6 Å². The first-order valence-electron chi connectivity index (χ1n) is 3.28. The minimum absolute atomic E-state index is 0.819. The molecule has 0 N–H and O–H groups in total. The van der Waals surface area contributed by atoms with Gasteiger partial charge in [-0.25, -0.2) is 0 Å². The van der Waals surface area contributed by atoms with Gasteiger partial charge in [0.05, 0.1) is 6.67 Å². The number of likely N-dealkylation sites (N-methyl/N-ethyl adjacent to an activating group) is 1. The van der Waals surface area contributed by atoms with Crippen LogP contribution < -0.4 is 0 Å². The first-order valence-corrected chi connectivity index (χ1v) is 3.28. The molecule has 0 radical (unpaired) electrons. The molecule has 1 heterocycles. The van der Waals surface area contributed by atoms with Gasteiger partial charge in [0.25, 0.3) is 0 Å². The van der Waals surface area contributed by atoms with Crippen molar-refractivity contribution in [2.24, 2.45) is 0 Å². The lowest BCUT2D eigenvalue weighted by Gasteiger charge is -2.10. The molecule has 0 atom stereocenters. The second kappa shape index (κ2) is 2.82. The molecule has 0 bridgehead atoms. The second-order valence-electron chi connectivity index (χ2n) is 2.27. The van der Waals surface area contributed by atoms with E-state index in [1.54, 1.807) is 4.90 Å². The molecule has 1 amide bonds. The molecule has 1 rings (SSSR count). The third-order valence-electron chi connectivity index (χ3n) is 1.68. The van der Waals surface area contributed by atoms with Crippen LogP contribution in [0, 0.1) is 0 Å². The summed E-state index contributed by atoms with van der Waals surface area (Å²) in [5.41, 5.74) is 0. The van der Waals surface area contributed by atoms with E-state index in [0.717, 1.165) is 32.7 Å². The zero-order valence-corrected chi connectivity index (χ0v) is 5.71. The van der Waals surface area contributed by atoms with Crippen molar-refractivity contribution in [3.05, 3.63) is 0 Å². The average molecular weight is 128 g/mol. The molecule has 1 aliphatic rings. The molecule has 1 aliphatic heterocycles. The molecular weight excluding hydrogens is 116 g/mol. The number of carbonyl (C=O) groups excluding carboxylic acids is 1. The van der Waals surface area contributed by atoms with Crippen LogP contribution >= 0.6 is 0 Å². The van der Waals surface area contributed by atoms with Crippen LogP contribution in [0.2, 0.25) is 0 Å². The summed E-state index contributed by atoms with van der Waals surface area (Å²) in [6.45, 7) is 5.91. The Kier molecular flexibility index (Phi) is 2.05. The third kappa shape index (κ3) is 1.42. The van der Waals surface area contributed by atoms with Gasteiger partial charge < -0.3 is 4.90 Å². The molecular formula is C6H12N2O. The summed E-state index contributed by atoms with van der Waals surface area (Å²) in [5, 5.41) is 0. The zero-order chi connectivity index (χ0) is 6.69. The van der Waals surface area contributed by atoms with Gasteiger partial charge in [-0.05, 0) is 6.54 Å². The van der Waals surface area contributed by atoms with Crippen LogP contribution in [0.15, 0.2) is 0 Å². The number of carbonyl (C=O) groups is 1. The Morgan fingerprint density at radius 3 is 2.67 bits per heavy atom. The molecule has 0 aliphatic carbocycles. The van der Waals surface area contributed by atoms with Gasteiger partial charge in [-0.2, -0.15) is 0 Å². The van der Waals surface area contributed by atoms with Crippen LogP contribution in [-0.4, -0.2) is 42.5 Å². The molecule has 0 aromatic rings.